The predicted molar refractivity (Wildman–Crippen MR) is 355 cm³/mol. The fourth-order valence-corrected chi connectivity index (χ4v) is 12.3. The first-order chi connectivity index (χ1) is 45.3. The number of rotatable bonds is 17. The van der Waals surface area contributed by atoms with E-state index in [1.54, 1.807) is 49.1 Å². The van der Waals surface area contributed by atoms with Gasteiger partial charge in [-0.2, -0.15) is 10.5 Å². The van der Waals surface area contributed by atoms with E-state index in [0.717, 1.165) is 82.3 Å². The van der Waals surface area contributed by atoms with E-state index in [1.807, 2.05) is 93.0 Å². The number of carbonyl (C=O) groups is 2. The van der Waals surface area contributed by atoms with Gasteiger partial charge in [0.2, 0.25) is 17.8 Å². The highest BCUT2D eigenvalue weighted by Gasteiger charge is 2.46. The summed E-state index contributed by atoms with van der Waals surface area (Å²) in [7, 11) is 2.79. The van der Waals surface area contributed by atoms with Crippen molar-refractivity contribution in [3.63, 3.8) is 0 Å². The highest BCUT2D eigenvalue weighted by Crippen LogP contribution is 2.41. The Morgan fingerprint density at radius 1 is 0.649 bits per heavy atom. The Hall–Kier alpha value is -9.97. The Kier molecular flexibility index (Phi) is 19.6. The van der Waals surface area contributed by atoms with Crippen molar-refractivity contribution < 1.29 is 39.5 Å². The normalized spacial score (nSPS) is 15.0. The Morgan fingerprint density at radius 2 is 1.04 bits per heavy atom. The number of carboxylic acid groups (broad SMARTS) is 1. The minimum Gasteiger partial charge on any atom is -0.481 e. The number of anilines is 6. The van der Waals surface area contributed by atoms with Crippen LogP contribution in [0.2, 0.25) is 0 Å². The molecule has 2 aromatic carbocycles. The number of aromatic nitrogens is 10. The summed E-state index contributed by atoms with van der Waals surface area (Å²) in [6.45, 7) is 6.09. The molecule has 4 aliphatic rings. The molecule has 6 N–H and O–H groups in total. The topological polar surface area (TPSA) is 305 Å². The second-order valence-electron chi connectivity index (χ2n) is 23.0. The first kappa shape index (κ1) is 65.5. The molecule has 94 heavy (non-hydrogen) atoms. The molecule has 2 aliphatic heterocycles. The lowest BCUT2D eigenvalue weighted by Gasteiger charge is -2.38. The second-order valence-corrected chi connectivity index (χ2v) is 25.0. The van der Waals surface area contributed by atoms with Crippen molar-refractivity contribution in [1.29, 1.82) is 10.5 Å². The average Bonchev–Trinajstić information content (AvgIpc) is 1.26. The molecule has 2 saturated carbocycles. The largest absolute Gasteiger partial charge is 0.481 e. The summed E-state index contributed by atoms with van der Waals surface area (Å²) in [6, 6.07) is 24.2. The van der Waals surface area contributed by atoms with Crippen molar-refractivity contribution >= 4 is 79.6 Å². The molecular formula is C66H69F3N18O5S2. The van der Waals surface area contributed by atoms with Gasteiger partial charge >= 0.3 is 5.97 Å². The number of nitrogens with one attached hydrogen (secondary N) is 1. The van der Waals surface area contributed by atoms with Gasteiger partial charge in [0.15, 0.2) is 10.3 Å². The molecule has 28 heteroatoms. The van der Waals surface area contributed by atoms with Gasteiger partial charge < -0.3 is 46.0 Å². The van der Waals surface area contributed by atoms with Gasteiger partial charge in [0, 0.05) is 116 Å². The average molecular weight is 1320 g/mol. The van der Waals surface area contributed by atoms with E-state index in [9.17, 15) is 38.4 Å². The van der Waals surface area contributed by atoms with Crippen molar-refractivity contribution in [2.45, 2.75) is 70.9 Å². The van der Waals surface area contributed by atoms with E-state index in [4.69, 9.17) is 37.3 Å². The van der Waals surface area contributed by atoms with Gasteiger partial charge in [-0.25, -0.2) is 48.7 Å². The van der Waals surface area contributed by atoms with Crippen LogP contribution in [0, 0.1) is 46.1 Å². The van der Waals surface area contributed by atoms with Gasteiger partial charge in [0.05, 0.1) is 50.5 Å². The molecule has 14 rings (SSSR count). The van der Waals surface area contributed by atoms with Crippen LogP contribution in [0.4, 0.5) is 47.0 Å². The summed E-state index contributed by atoms with van der Waals surface area (Å²) in [4.78, 5) is 69.4. The van der Waals surface area contributed by atoms with Crippen LogP contribution in [0.15, 0.2) is 110 Å². The fourth-order valence-electron chi connectivity index (χ4n) is 10.6. The number of aryl methyl sites for hydroxylation is 2. The van der Waals surface area contributed by atoms with Crippen LogP contribution in [-0.2, 0) is 22.4 Å². The van der Waals surface area contributed by atoms with E-state index in [-0.39, 0.29) is 55.6 Å². The third kappa shape index (κ3) is 13.9. The number of hydrogen-bond acceptors (Lipinski definition) is 21. The Balaban J connectivity index is 0.000000182. The molecule has 10 heterocycles. The van der Waals surface area contributed by atoms with Gasteiger partial charge in [0.1, 0.15) is 67.8 Å². The summed E-state index contributed by atoms with van der Waals surface area (Å²) in [5.41, 5.74) is 13.9. The van der Waals surface area contributed by atoms with E-state index >= 15 is 0 Å². The number of aliphatic hydroxyl groups is 2. The number of benzene rings is 2. The Morgan fingerprint density at radius 3 is 1.37 bits per heavy atom. The lowest BCUT2D eigenvalue weighted by atomic mass is 9.99. The number of aliphatic hydroxyl groups excluding tert-OH is 2. The Labute approximate surface area is 549 Å². The lowest BCUT2D eigenvalue weighted by molar-refractivity contribution is -0.142. The monoisotopic (exact) mass is 1320 g/mol. The molecule has 0 spiro atoms. The zero-order valence-corrected chi connectivity index (χ0v) is 52.7. The molecule has 0 radical (unpaired) electrons. The summed E-state index contributed by atoms with van der Waals surface area (Å²) in [5.74, 6) is 0.670. The molecule has 2 aliphatic carbocycles. The van der Waals surface area contributed by atoms with Gasteiger partial charge in [-0.15, -0.1) is 0 Å². The number of aliphatic carboxylic acids is 1. The van der Waals surface area contributed by atoms with E-state index < -0.39 is 18.7 Å². The molecule has 4 fully saturated rings. The predicted octanol–water partition coefficient (Wildman–Crippen LogP) is 9.80. The van der Waals surface area contributed by atoms with Crippen molar-refractivity contribution in [2.24, 2.45) is 17.6 Å². The van der Waals surface area contributed by atoms with Crippen molar-refractivity contribution in [3.8, 4) is 56.9 Å². The maximum atomic E-state index is 13.5. The SMILES string of the molecule is C.CCc1nc2ccc(-c3cnc(N4CC(C(=O)NC5(CO)CC5)C4)nc3)cn2c1N(C)c1nc(-c2ccc(F)cc2)c(C#N)s1.CCc1nc2ccc(-c3cnc(N4CC(C(=O)O)C4)nc3)cn2c1N(C)c1nc(-c2ccc(F)cc2)c(C#N)s1.NC1(CO)CC1.[2H]CF. The molecule has 0 bridgehead atoms. The van der Waals surface area contributed by atoms with Crippen LogP contribution < -0.4 is 30.7 Å². The summed E-state index contributed by atoms with van der Waals surface area (Å²) < 4.78 is 46.5. The van der Waals surface area contributed by atoms with Gasteiger partial charge in [-0.3, -0.25) is 22.8 Å². The summed E-state index contributed by atoms with van der Waals surface area (Å²) >= 11 is 2.54. The van der Waals surface area contributed by atoms with Crippen LogP contribution in [0.5, 0.6) is 0 Å². The van der Waals surface area contributed by atoms with Crippen molar-refractivity contribution in [1.82, 2.24) is 54.0 Å². The molecule has 10 aromatic rings. The standard InChI is InChI=1S/C32H30FN9O2S.C28H23FN8O2S.C4H9NO.CH3F.CH4/c1-3-24-29(40(2)31-38-27(25(12-34)45-31)19-4-7-23(33)8-5-19)42-17-20(6-9-26(42)37-24)21-13-35-30(36-14-21)41-15-22(16-41)28(44)39-32(18-43)10-11-32;1-3-21-25(35(2)28-34-24(22(10-30)40-28)16-4-7-20(29)8-5-16)37-15-17(6-9-23(37)33-21)18-11-31-27(32-12-18)36-13-19(14-36)26(38)39;5-4(3-6)1-2-4;1-2;/h4-9,13-14,17,22,43H,3,10-11,15-16,18H2,1-2H3,(H,39,44);4-9,11-12,15,19H,3,13-14H2,1-2H3,(H,38,39);6H,1-3,5H2;1H3;1H4/i;;;1D;. The number of thiazole rings is 2. The number of carbonyl (C=O) groups excluding carboxylic acids is 1. The Bertz CT molecular complexity index is 4460. The number of nitriles is 2. The first-order valence-corrected chi connectivity index (χ1v) is 31.4. The minimum atomic E-state index is -1.00. The number of halogens is 3. The summed E-state index contributed by atoms with van der Waals surface area (Å²) in [6.07, 6.45) is 16.0. The molecule has 0 unspecified atom stereocenters. The lowest BCUT2D eigenvalue weighted by Crippen LogP contribution is -2.56. The quantitative estimate of drug-likeness (QED) is 0.0566. The molecule has 1 amide bonds. The fraction of sp³-hybridized carbons (Fsp3) is 0.333. The third-order valence-electron chi connectivity index (χ3n) is 16.6. The van der Waals surface area contributed by atoms with Gasteiger partial charge in [0.25, 0.3) is 0 Å². The number of fused-ring (bicyclic) bond motifs is 2. The zero-order valence-electron chi connectivity index (χ0n) is 52.1. The van der Waals surface area contributed by atoms with Gasteiger partial charge in [-0.05, 0) is 111 Å². The van der Waals surface area contributed by atoms with E-state index in [2.05, 4.69) is 37.4 Å². The smallest absolute Gasteiger partial charge is 0.310 e. The molecule has 8 aromatic heterocycles. The van der Waals surface area contributed by atoms with Crippen LogP contribution in [-0.4, -0.2) is 148 Å². The molecular weight excluding hydrogens is 1250 g/mol. The van der Waals surface area contributed by atoms with E-state index in [0.29, 0.717) is 93.4 Å². The summed E-state index contributed by atoms with van der Waals surface area (Å²) in [5, 5.41) is 50.8. The van der Waals surface area contributed by atoms with Crippen LogP contribution in [0.25, 0.3) is 56.1 Å². The number of amides is 1. The highest BCUT2D eigenvalue weighted by atomic mass is 32.1. The molecule has 486 valence electrons. The zero-order chi connectivity index (χ0) is 66.6. The van der Waals surface area contributed by atoms with Crippen LogP contribution >= 0.6 is 22.7 Å². The number of nitrogens with two attached hydrogens (primary N) is 1. The number of hydrogen-bond donors (Lipinski definition) is 5. The maximum absolute atomic E-state index is 13.5. The number of imidazole rings is 2. The van der Waals surface area contributed by atoms with Crippen LogP contribution in [0.3, 0.4) is 0 Å². The number of nitrogens with zero attached hydrogens (tertiary/aromatic N) is 16. The number of alkyl halides is 1. The molecule has 23 nitrogen and oxygen atoms in total. The first-order valence-electron chi connectivity index (χ1n) is 30.4. The van der Waals surface area contributed by atoms with Crippen molar-refractivity contribution in [3.05, 3.63) is 143 Å². The highest BCUT2D eigenvalue weighted by molar-refractivity contribution is 7.17. The minimum absolute atomic E-state index is 0. The number of carboxylic acids is 1. The van der Waals surface area contributed by atoms with Crippen molar-refractivity contribution in [2.75, 3.05) is 80.2 Å². The van der Waals surface area contributed by atoms with E-state index in [1.165, 1.54) is 46.9 Å². The maximum Gasteiger partial charge on any atom is 0.310 e. The van der Waals surface area contributed by atoms with Gasteiger partial charge in [-0.1, -0.05) is 43.9 Å². The number of pyridine rings is 2. The molecule has 0 atom stereocenters. The second kappa shape index (κ2) is 28.1. The molecule has 2 saturated heterocycles. The third-order valence-corrected chi connectivity index (χ3v) is 18.7. The van der Waals surface area contributed by atoms with Crippen LogP contribution in [0.1, 0.15) is 69.5 Å².